The van der Waals surface area contributed by atoms with Crippen LogP contribution in [0.3, 0.4) is 0 Å². The van der Waals surface area contributed by atoms with Gasteiger partial charge in [-0.05, 0) is 42.3 Å². The molecule has 0 amide bonds. The summed E-state index contributed by atoms with van der Waals surface area (Å²) in [7, 11) is 0. The van der Waals surface area contributed by atoms with E-state index < -0.39 is 0 Å². The number of anilines is 1. The number of hydrogen-bond acceptors (Lipinski definition) is 4. The fourth-order valence-corrected chi connectivity index (χ4v) is 4.67. The molecule has 27 heavy (non-hydrogen) atoms. The quantitative estimate of drug-likeness (QED) is 0.637. The van der Waals surface area contributed by atoms with Crippen LogP contribution < -0.4 is 4.90 Å². The van der Waals surface area contributed by atoms with E-state index in [1.807, 2.05) is 12.1 Å². The Bertz CT molecular complexity index is 874. The number of benzene rings is 2. The van der Waals surface area contributed by atoms with Gasteiger partial charge < -0.3 is 10.0 Å². The van der Waals surface area contributed by atoms with Crippen molar-refractivity contribution in [2.24, 2.45) is 0 Å². The van der Waals surface area contributed by atoms with Crippen LogP contribution in [-0.4, -0.2) is 42.7 Å². The van der Waals surface area contributed by atoms with Crippen molar-refractivity contribution < 1.29 is 5.11 Å². The normalized spacial score (nSPS) is 15.1. The number of rotatable bonds is 5. The molecule has 3 aromatic rings. The summed E-state index contributed by atoms with van der Waals surface area (Å²) in [5, 5.41) is 11.5. The van der Waals surface area contributed by atoms with Crippen LogP contribution in [0.4, 0.5) is 5.69 Å². The van der Waals surface area contributed by atoms with E-state index in [1.165, 1.54) is 21.3 Å². The predicted molar refractivity (Wildman–Crippen MR) is 119 cm³/mol. The van der Waals surface area contributed by atoms with Gasteiger partial charge in [0.15, 0.2) is 0 Å². The molecule has 0 unspecified atom stereocenters. The fourth-order valence-electron chi connectivity index (χ4n) is 3.60. The fraction of sp³-hybridized carbons (Fsp3) is 0.333. The van der Waals surface area contributed by atoms with Crippen molar-refractivity contribution in [3.63, 3.8) is 0 Å². The van der Waals surface area contributed by atoms with Gasteiger partial charge in [-0.15, -0.1) is 23.7 Å². The number of fused-ring (bicyclic) bond motifs is 1. The molecule has 1 aliphatic rings. The Morgan fingerprint density at radius 1 is 1.00 bits per heavy atom. The Morgan fingerprint density at radius 2 is 1.74 bits per heavy atom. The van der Waals surface area contributed by atoms with Gasteiger partial charge in [0.05, 0.1) is 6.61 Å². The van der Waals surface area contributed by atoms with Crippen LogP contribution in [0, 0.1) is 0 Å². The van der Waals surface area contributed by atoms with Crippen LogP contribution in [0.1, 0.15) is 10.4 Å². The molecule has 2 heterocycles. The molecule has 6 heteroatoms. The van der Waals surface area contributed by atoms with Crippen molar-refractivity contribution in [1.29, 1.82) is 0 Å². The molecule has 2 aromatic carbocycles. The maximum absolute atomic E-state index is 9.43. The summed E-state index contributed by atoms with van der Waals surface area (Å²) in [5.74, 6) is 0. The lowest BCUT2D eigenvalue weighted by Gasteiger charge is -2.36. The zero-order valence-electron chi connectivity index (χ0n) is 15.1. The highest BCUT2D eigenvalue weighted by Gasteiger charge is 2.19. The molecule has 1 fully saturated rings. The second kappa shape index (κ2) is 9.26. The highest BCUT2D eigenvalue weighted by Crippen LogP contribution is 2.33. The SMILES string of the molecule is Cl.OCc1cc2c(N3CCN(CCc4ccc(Cl)cc4)CC3)cccc2s1. The maximum atomic E-state index is 9.43. The Balaban J connectivity index is 0.00000210. The molecule has 1 aromatic heterocycles. The van der Waals surface area contributed by atoms with Crippen LogP contribution in [0.25, 0.3) is 10.1 Å². The lowest BCUT2D eigenvalue weighted by molar-refractivity contribution is 0.261. The summed E-state index contributed by atoms with van der Waals surface area (Å²) >= 11 is 7.64. The average Bonchev–Trinajstić information content (AvgIpc) is 3.11. The van der Waals surface area contributed by atoms with Crippen molar-refractivity contribution in [3.8, 4) is 0 Å². The number of piperazine rings is 1. The van der Waals surface area contributed by atoms with E-state index in [0.717, 1.165) is 49.0 Å². The Hall–Kier alpha value is -1.30. The van der Waals surface area contributed by atoms with E-state index in [0.29, 0.717) is 0 Å². The molecular formula is C21H24Cl2N2OS. The first-order valence-electron chi connectivity index (χ1n) is 9.07. The van der Waals surface area contributed by atoms with Gasteiger partial charge in [0.25, 0.3) is 0 Å². The van der Waals surface area contributed by atoms with Gasteiger partial charge in [-0.3, -0.25) is 4.90 Å². The molecule has 0 saturated carbocycles. The minimum atomic E-state index is 0. The minimum Gasteiger partial charge on any atom is -0.391 e. The number of thiophene rings is 1. The van der Waals surface area contributed by atoms with Gasteiger partial charge in [0.1, 0.15) is 0 Å². The lowest BCUT2D eigenvalue weighted by atomic mass is 10.1. The Kier molecular flexibility index (Phi) is 7.01. The molecule has 144 valence electrons. The van der Waals surface area contributed by atoms with E-state index in [-0.39, 0.29) is 19.0 Å². The van der Waals surface area contributed by atoms with E-state index in [1.54, 1.807) is 11.3 Å². The van der Waals surface area contributed by atoms with Gasteiger partial charge in [-0.25, -0.2) is 0 Å². The number of aliphatic hydroxyl groups excluding tert-OH is 1. The molecule has 0 atom stereocenters. The molecule has 1 saturated heterocycles. The molecular weight excluding hydrogens is 399 g/mol. The third kappa shape index (κ3) is 4.76. The molecule has 4 rings (SSSR count). The lowest BCUT2D eigenvalue weighted by Crippen LogP contribution is -2.47. The number of hydrogen-bond donors (Lipinski definition) is 1. The molecule has 3 nitrogen and oxygen atoms in total. The van der Waals surface area contributed by atoms with Gasteiger partial charge in [-0.2, -0.15) is 0 Å². The second-order valence-corrected chi connectivity index (χ2v) is 8.37. The number of nitrogens with zero attached hydrogens (tertiary/aromatic N) is 2. The first kappa shape index (κ1) is 20.4. The highest BCUT2D eigenvalue weighted by atomic mass is 35.5. The van der Waals surface area contributed by atoms with E-state index >= 15 is 0 Å². The van der Waals surface area contributed by atoms with Crippen LogP contribution in [0.15, 0.2) is 48.5 Å². The number of halogens is 2. The highest BCUT2D eigenvalue weighted by molar-refractivity contribution is 7.19. The number of aliphatic hydroxyl groups is 1. The smallest absolute Gasteiger partial charge is 0.0774 e. The van der Waals surface area contributed by atoms with Crippen molar-refractivity contribution in [3.05, 3.63) is 64.0 Å². The third-order valence-electron chi connectivity index (χ3n) is 5.09. The van der Waals surface area contributed by atoms with E-state index in [4.69, 9.17) is 11.6 Å². The minimum absolute atomic E-state index is 0. The molecule has 0 spiro atoms. The summed E-state index contributed by atoms with van der Waals surface area (Å²) in [4.78, 5) is 6.06. The van der Waals surface area contributed by atoms with Crippen molar-refractivity contribution in [1.82, 2.24) is 4.90 Å². The summed E-state index contributed by atoms with van der Waals surface area (Å²) in [5.41, 5.74) is 2.65. The first-order valence-corrected chi connectivity index (χ1v) is 10.3. The Labute approximate surface area is 175 Å². The zero-order chi connectivity index (χ0) is 17.9. The molecule has 1 aliphatic heterocycles. The summed E-state index contributed by atoms with van der Waals surface area (Å²) in [6.07, 6.45) is 1.07. The standard InChI is InChI=1S/C21H23ClN2OS.ClH/c22-17-6-4-16(5-7-17)8-9-23-10-12-24(13-11-23)20-2-1-3-21-19(20)14-18(15-25)26-21;/h1-7,14,25H,8-13,15H2;1H. The van der Waals surface area contributed by atoms with Crippen molar-refractivity contribution >= 4 is 51.1 Å². The van der Waals surface area contributed by atoms with Crippen LogP contribution in [0.5, 0.6) is 0 Å². The molecule has 0 aliphatic carbocycles. The van der Waals surface area contributed by atoms with Gasteiger partial charge in [-0.1, -0.05) is 29.8 Å². The van der Waals surface area contributed by atoms with Crippen molar-refractivity contribution in [2.75, 3.05) is 37.6 Å². The van der Waals surface area contributed by atoms with Crippen LogP contribution in [-0.2, 0) is 13.0 Å². The van der Waals surface area contributed by atoms with Gasteiger partial charge >= 0.3 is 0 Å². The topological polar surface area (TPSA) is 26.7 Å². The molecule has 1 N–H and O–H groups in total. The summed E-state index contributed by atoms with van der Waals surface area (Å²) in [6, 6.07) is 16.8. The third-order valence-corrected chi connectivity index (χ3v) is 6.43. The molecule has 0 radical (unpaired) electrons. The molecule has 0 bridgehead atoms. The van der Waals surface area contributed by atoms with Crippen LogP contribution >= 0.6 is 35.3 Å². The maximum Gasteiger partial charge on any atom is 0.0774 e. The second-order valence-electron chi connectivity index (χ2n) is 6.76. The predicted octanol–water partition coefficient (Wildman–Crippen LogP) is 4.83. The van der Waals surface area contributed by atoms with E-state index in [2.05, 4.69) is 46.2 Å². The monoisotopic (exact) mass is 422 g/mol. The van der Waals surface area contributed by atoms with Crippen molar-refractivity contribution in [2.45, 2.75) is 13.0 Å². The van der Waals surface area contributed by atoms with Crippen LogP contribution in [0.2, 0.25) is 5.02 Å². The van der Waals surface area contributed by atoms with Gasteiger partial charge in [0, 0.05) is 58.4 Å². The zero-order valence-corrected chi connectivity index (χ0v) is 17.5. The Morgan fingerprint density at radius 3 is 2.44 bits per heavy atom. The van der Waals surface area contributed by atoms with Gasteiger partial charge in [0.2, 0.25) is 0 Å². The summed E-state index contributed by atoms with van der Waals surface area (Å²) in [6.45, 7) is 5.47. The largest absolute Gasteiger partial charge is 0.391 e. The average molecular weight is 423 g/mol. The first-order chi connectivity index (χ1) is 12.7. The van der Waals surface area contributed by atoms with E-state index in [9.17, 15) is 5.11 Å². The summed E-state index contributed by atoms with van der Waals surface area (Å²) < 4.78 is 1.26.